The third-order valence-electron chi connectivity index (χ3n) is 3.06. The van der Waals surface area contributed by atoms with Gasteiger partial charge in [0, 0.05) is 22.8 Å². The van der Waals surface area contributed by atoms with Gasteiger partial charge in [-0.1, -0.05) is 24.3 Å². The van der Waals surface area contributed by atoms with E-state index >= 15 is 0 Å². The van der Waals surface area contributed by atoms with E-state index in [0.717, 1.165) is 16.9 Å². The summed E-state index contributed by atoms with van der Waals surface area (Å²) in [6.45, 7) is 0.201. The number of hydrogen-bond acceptors (Lipinski definition) is 4. The molecule has 0 saturated carbocycles. The van der Waals surface area contributed by atoms with Crippen LogP contribution in [0.15, 0.2) is 48.5 Å². The lowest BCUT2D eigenvalue weighted by atomic mass is 10.1. The Hall–Kier alpha value is -2.14. The molecule has 0 fully saturated rings. The van der Waals surface area contributed by atoms with E-state index in [4.69, 9.17) is 9.47 Å². The molecular formula is C17H18O4S. The monoisotopic (exact) mass is 318 g/mol. The Morgan fingerprint density at radius 3 is 2.45 bits per heavy atom. The highest BCUT2D eigenvalue weighted by Gasteiger charge is 2.09. The smallest absolute Gasteiger partial charge is 0.338 e. The zero-order valence-electron chi connectivity index (χ0n) is 12.6. The van der Waals surface area contributed by atoms with Crippen molar-refractivity contribution in [1.29, 1.82) is 0 Å². The van der Waals surface area contributed by atoms with Crippen LogP contribution in [0.1, 0.15) is 21.5 Å². The van der Waals surface area contributed by atoms with Gasteiger partial charge in [-0.3, -0.25) is 4.21 Å². The second-order valence-electron chi connectivity index (χ2n) is 4.84. The Morgan fingerprint density at radius 2 is 1.82 bits per heavy atom. The van der Waals surface area contributed by atoms with Crippen molar-refractivity contribution in [3.8, 4) is 5.75 Å². The predicted octanol–water partition coefficient (Wildman–Crippen LogP) is 2.93. The summed E-state index contributed by atoms with van der Waals surface area (Å²) in [6, 6.07) is 14.4. The second kappa shape index (κ2) is 7.75. The van der Waals surface area contributed by atoms with E-state index in [1.807, 2.05) is 30.3 Å². The Balaban J connectivity index is 1.97. The molecule has 2 aromatic carbocycles. The van der Waals surface area contributed by atoms with E-state index < -0.39 is 10.8 Å². The summed E-state index contributed by atoms with van der Waals surface area (Å²) in [6.07, 6.45) is 1.63. The summed E-state index contributed by atoms with van der Waals surface area (Å²) in [5.74, 6) is 0.800. The molecule has 0 spiro atoms. The summed E-state index contributed by atoms with van der Waals surface area (Å²) in [7, 11) is 0.664. The largest absolute Gasteiger partial charge is 0.497 e. The first-order valence-corrected chi connectivity index (χ1v) is 8.50. The van der Waals surface area contributed by atoms with Crippen molar-refractivity contribution in [1.82, 2.24) is 0 Å². The summed E-state index contributed by atoms with van der Waals surface area (Å²) >= 11 is 0. The quantitative estimate of drug-likeness (QED) is 0.769. The molecule has 22 heavy (non-hydrogen) atoms. The fraction of sp³-hybridized carbons (Fsp3) is 0.235. The first-order chi connectivity index (χ1) is 10.6. The second-order valence-corrected chi connectivity index (χ2v) is 6.28. The lowest BCUT2D eigenvalue weighted by Crippen LogP contribution is -2.06. The standard InChI is InChI=1S/C17H18O4S/c1-20-16-8-6-13(7-9-16)11-21-17(18)15-5-3-4-14(10-15)12-22(2)19/h3-10H,11-12H2,1-2H3. The average molecular weight is 318 g/mol. The number of carbonyl (C=O) groups is 1. The molecule has 0 heterocycles. The number of ether oxygens (including phenoxy) is 2. The molecule has 5 heteroatoms. The molecule has 116 valence electrons. The van der Waals surface area contributed by atoms with E-state index in [-0.39, 0.29) is 12.6 Å². The molecule has 0 radical (unpaired) electrons. The van der Waals surface area contributed by atoms with E-state index in [1.165, 1.54) is 0 Å². The van der Waals surface area contributed by atoms with E-state index in [9.17, 15) is 9.00 Å². The maximum atomic E-state index is 12.1. The van der Waals surface area contributed by atoms with Gasteiger partial charge in [0.1, 0.15) is 12.4 Å². The zero-order chi connectivity index (χ0) is 15.9. The molecule has 2 rings (SSSR count). The molecule has 0 aliphatic heterocycles. The highest BCUT2D eigenvalue weighted by atomic mass is 32.2. The van der Waals surface area contributed by atoms with Crippen LogP contribution in [0, 0.1) is 0 Å². The van der Waals surface area contributed by atoms with Gasteiger partial charge in [-0.2, -0.15) is 0 Å². The van der Waals surface area contributed by atoms with Crippen molar-refractivity contribution in [2.75, 3.05) is 13.4 Å². The number of rotatable bonds is 6. The lowest BCUT2D eigenvalue weighted by Gasteiger charge is -2.07. The number of methoxy groups -OCH3 is 1. The van der Waals surface area contributed by atoms with Crippen molar-refractivity contribution < 1.29 is 18.5 Å². The van der Waals surface area contributed by atoms with Crippen LogP contribution in [0.3, 0.4) is 0 Å². The van der Waals surface area contributed by atoms with Crippen LogP contribution in [0.2, 0.25) is 0 Å². The molecule has 0 N–H and O–H groups in total. The van der Waals surface area contributed by atoms with Gasteiger partial charge in [0.15, 0.2) is 0 Å². The summed E-state index contributed by atoms with van der Waals surface area (Å²) in [5, 5.41) is 0. The van der Waals surface area contributed by atoms with E-state index in [1.54, 1.807) is 31.6 Å². The molecule has 0 aromatic heterocycles. The van der Waals surface area contributed by atoms with Gasteiger partial charge in [0.05, 0.1) is 12.7 Å². The normalized spacial score (nSPS) is 11.7. The first kappa shape index (κ1) is 16.2. The minimum Gasteiger partial charge on any atom is -0.497 e. The van der Waals surface area contributed by atoms with Crippen LogP contribution in [0.5, 0.6) is 5.75 Å². The molecular weight excluding hydrogens is 300 g/mol. The third kappa shape index (κ3) is 4.70. The SMILES string of the molecule is COc1ccc(COC(=O)c2cccc(CS(C)=O)c2)cc1. The molecule has 2 aromatic rings. The molecule has 1 unspecified atom stereocenters. The molecule has 1 atom stereocenters. The maximum absolute atomic E-state index is 12.1. The molecule has 0 aliphatic carbocycles. The van der Waals surface area contributed by atoms with Gasteiger partial charge in [-0.25, -0.2) is 4.79 Å². The van der Waals surface area contributed by atoms with E-state index in [2.05, 4.69) is 0 Å². The first-order valence-electron chi connectivity index (χ1n) is 6.77. The number of benzene rings is 2. The molecule has 0 amide bonds. The van der Waals surface area contributed by atoms with Crippen LogP contribution in [-0.2, 0) is 27.9 Å². The maximum Gasteiger partial charge on any atom is 0.338 e. The Kier molecular flexibility index (Phi) is 5.72. The molecule has 0 aliphatic rings. The molecule has 0 bridgehead atoms. The van der Waals surface area contributed by atoms with Crippen molar-refractivity contribution in [2.45, 2.75) is 12.4 Å². The van der Waals surface area contributed by atoms with Gasteiger partial charge in [-0.05, 0) is 35.4 Å². The number of carbonyl (C=O) groups excluding carboxylic acids is 1. The van der Waals surface area contributed by atoms with E-state index in [0.29, 0.717) is 11.3 Å². The Labute approximate surface area is 132 Å². The fourth-order valence-corrected chi connectivity index (χ4v) is 2.63. The highest BCUT2D eigenvalue weighted by molar-refractivity contribution is 7.83. The van der Waals surface area contributed by atoms with Crippen LogP contribution in [0.4, 0.5) is 0 Å². The summed E-state index contributed by atoms with van der Waals surface area (Å²) in [5.41, 5.74) is 2.22. The van der Waals surface area contributed by atoms with Crippen LogP contribution in [0.25, 0.3) is 0 Å². The van der Waals surface area contributed by atoms with Crippen molar-refractivity contribution in [3.63, 3.8) is 0 Å². The third-order valence-corrected chi connectivity index (χ3v) is 3.80. The fourth-order valence-electron chi connectivity index (χ4n) is 1.98. The minimum absolute atomic E-state index is 0.201. The molecule has 0 saturated heterocycles. The zero-order valence-corrected chi connectivity index (χ0v) is 13.4. The Bertz CT molecular complexity index is 665. The summed E-state index contributed by atoms with van der Waals surface area (Å²) < 4.78 is 21.6. The van der Waals surface area contributed by atoms with Crippen molar-refractivity contribution in [3.05, 3.63) is 65.2 Å². The van der Waals surface area contributed by atoms with Gasteiger partial charge >= 0.3 is 5.97 Å². The number of hydrogen-bond donors (Lipinski definition) is 0. The van der Waals surface area contributed by atoms with Crippen LogP contribution in [-0.4, -0.2) is 23.5 Å². The average Bonchev–Trinajstić information content (AvgIpc) is 2.52. The predicted molar refractivity (Wildman–Crippen MR) is 86.3 cm³/mol. The van der Waals surface area contributed by atoms with Gasteiger partial charge in [0.2, 0.25) is 0 Å². The van der Waals surface area contributed by atoms with Gasteiger partial charge < -0.3 is 9.47 Å². The summed E-state index contributed by atoms with van der Waals surface area (Å²) in [4.78, 5) is 12.1. The van der Waals surface area contributed by atoms with Gasteiger partial charge in [-0.15, -0.1) is 0 Å². The van der Waals surface area contributed by atoms with Gasteiger partial charge in [0.25, 0.3) is 0 Å². The lowest BCUT2D eigenvalue weighted by molar-refractivity contribution is 0.0472. The van der Waals surface area contributed by atoms with Crippen LogP contribution >= 0.6 is 0 Å². The Morgan fingerprint density at radius 1 is 1.09 bits per heavy atom. The minimum atomic E-state index is -0.939. The van der Waals surface area contributed by atoms with Crippen molar-refractivity contribution in [2.24, 2.45) is 0 Å². The topological polar surface area (TPSA) is 52.6 Å². The molecule has 4 nitrogen and oxygen atoms in total. The number of esters is 1. The van der Waals surface area contributed by atoms with Crippen LogP contribution < -0.4 is 4.74 Å². The highest BCUT2D eigenvalue weighted by Crippen LogP contribution is 2.13. The van der Waals surface area contributed by atoms with Crippen molar-refractivity contribution >= 4 is 16.8 Å².